The van der Waals surface area contributed by atoms with Gasteiger partial charge in [0.2, 0.25) is 0 Å². The van der Waals surface area contributed by atoms with E-state index in [1.54, 1.807) is 0 Å². The highest BCUT2D eigenvalue weighted by Crippen LogP contribution is 2.18. The van der Waals surface area contributed by atoms with E-state index in [-0.39, 0.29) is 6.10 Å². The Balaban J connectivity index is 2.59. The number of rotatable bonds is 1. The highest BCUT2D eigenvalue weighted by Gasteiger charge is 2.31. The average molecular weight is 160 g/mol. The van der Waals surface area contributed by atoms with Crippen LogP contribution in [0.5, 0.6) is 0 Å². The second-order valence-corrected chi connectivity index (χ2v) is 2.72. The van der Waals surface area contributed by atoms with Gasteiger partial charge in [-0.05, 0) is 6.42 Å². The van der Waals surface area contributed by atoms with Crippen LogP contribution in [-0.4, -0.2) is 16.4 Å². The lowest BCUT2D eigenvalue weighted by molar-refractivity contribution is 0.194. The first-order chi connectivity index (χ1) is 4.77. The standard InChI is InChI=1S/C6H8O3S/c1-3-5-6(4-2)9-10(7)8-5/h1,5-6H,4H2,2H3. The van der Waals surface area contributed by atoms with Crippen molar-refractivity contribution >= 4 is 11.4 Å². The fourth-order valence-corrected chi connectivity index (χ4v) is 1.57. The maximum Gasteiger partial charge on any atom is 0.306 e. The molecule has 3 unspecified atom stereocenters. The Morgan fingerprint density at radius 1 is 1.70 bits per heavy atom. The first-order valence-electron chi connectivity index (χ1n) is 3.00. The third-order valence-corrected chi connectivity index (χ3v) is 2.06. The van der Waals surface area contributed by atoms with Crippen LogP contribution in [0.1, 0.15) is 13.3 Å². The maximum atomic E-state index is 10.6. The number of hydrogen-bond donors (Lipinski definition) is 0. The molecule has 0 spiro atoms. The van der Waals surface area contributed by atoms with E-state index in [2.05, 4.69) is 5.92 Å². The molecule has 3 atom stereocenters. The van der Waals surface area contributed by atoms with Gasteiger partial charge in [-0.1, -0.05) is 12.8 Å². The fourth-order valence-electron chi connectivity index (χ4n) is 0.738. The average Bonchev–Trinajstić information content (AvgIpc) is 2.30. The van der Waals surface area contributed by atoms with Gasteiger partial charge >= 0.3 is 11.4 Å². The van der Waals surface area contributed by atoms with Crippen molar-refractivity contribution in [2.24, 2.45) is 0 Å². The van der Waals surface area contributed by atoms with Crippen molar-refractivity contribution in [3.63, 3.8) is 0 Å². The van der Waals surface area contributed by atoms with E-state index >= 15 is 0 Å². The molecule has 0 saturated carbocycles. The molecule has 1 saturated heterocycles. The molecule has 4 heteroatoms. The molecule has 1 aliphatic rings. The van der Waals surface area contributed by atoms with Crippen LogP contribution in [0.3, 0.4) is 0 Å². The van der Waals surface area contributed by atoms with Crippen LogP contribution in [-0.2, 0) is 19.7 Å². The Bertz CT molecular complexity index is 184. The monoisotopic (exact) mass is 160 g/mol. The minimum Gasteiger partial charge on any atom is -0.261 e. The Hall–Kier alpha value is -0.370. The number of hydrogen-bond acceptors (Lipinski definition) is 3. The lowest BCUT2D eigenvalue weighted by Gasteiger charge is -2.04. The molecular weight excluding hydrogens is 152 g/mol. The van der Waals surface area contributed by atoms with Crippen LogP contribution in [0.15, 0.2) is 0 Å². The summed E-state index contributed by atoms with van der Waals surface area (Å²) in [5.41, 5.74) is 0. The molecule has 0 amide bonds. The van der Waals surface area contributed by atoms with Crippen molar-refractivity contribution in [2.45, 2.75) is 25.6 Å². The molecular formula is C6H8O3S. The van der Waals surface area contributed by atoms with Gasteiger partial charge in [0.25, 0.3) is 0 Å². The summed E-state index contributed by atoms with van der Waals surface area (Å²) in [5.74, 6) is 2.36. The normalized spacial score (nSPS) is 39.4. The van der Waals surface area contributed by atoms with Crippen molar-refractivity contribution in [1.29, 1.82) is 0 Å². The first-order valence-corrected chi connectivity index (χ1v) is 4.00. The highest BCUT2D eigenvalue weighted by molar-refractivity contribution is 7.75. The van der Waals surface area contributed by atoms with Crippen molar-refractivity contribution < 1.29 is 12.6 Å². The predicted molar refractivity (Wildman–Crippen MR) is 37.0 cm³/mol. The fraction of sp³-hybridized carbons (Fsp3) is 0.667. The summed E-state index contributed by atoms with van der Waals surface area (Å²) in [6.07, 6.45) is 5.15. The quantitative estimate of drug-likeness (QED) is 0.521. The van der Waals surface area contributed by atoms with E-state index in [1.807, 2.05) is 6.92 Å². The Labute approximate surface area is 62.6 Å². The van der Waals surface area contributed by atoms with Gasteiger partial charge in [-0.15, -0.1) is 6.42 Å². The minimum atomic E-state index is -1.63. The van der Waals surface area contributed by atoms with Crippen molar-refractivity contribution in [1.82, 2.24) is 0 Å². The molecule has 3 nitrogen and oxygen atoms in total. The lowest BCUT2D eigenvalue weighted by Crippen LogP contribution is -2.19. The molecule has 10 heavy (non-hydrogen) atoms. The van der Waals surface area contributed by atoms with Crippen LogP contribution in [0.4, 0.5) is 0 Å². The van der Waals surface area contributed by atoms with Gasteiger partial charge in [0, 0.05) is 0 Å². The summed E-state index contributed by atoms with van der Waals surface area (Å²) in [5, 5.41) is 0. The van der Waals surface area contributed by atoms with Gasteiger partial charge in [-0.2, -0.15) is 4.21 Å². The van der Waals surface area contributed by atoms with Crippen LogP contribution < -0.4 is 0 Å². The predicted octanol–water partition coefficient (Wildman–Crippen LogP) is 0.392. The topological polar surface area (TPSA) is 35.5 Å². The molecule has 1 rings (SSSR count). The molecule has 0 bridgehead atoms. The third-order valence-electron chi connectivity index (χ3n) is 1.29. The van der Waals surface area contributed by atoms with Crippen molar-refractivity contribution in [3.8, 4) is 12.3 Å². The molecule has 0 aromatic heterocycles. The van der Waals surface area contributed by atoms with Gasteiger partial charge in [0.05, 0.1) is 0 Å². The second-order valence-electron chi connectivity index (χ2n) is 1.93. The van der Waals surface area contributed by atoms with E-state index in [9.17, 15) is 4.21 Å². The van der Waals surface area contributed by atoms with Gasteiger partial charge in [-0.25, -0.2) is 4.18 Å². The molecule has 0 aromatic carbocycles. The summed E-state index contributed by atoms with van der Waals surface area (Å²) in [4.78, 5) is 0. The van der Waals surface area contributed by atoms with Gasteiger partial charge < -0.3 is 0 Å². The third kappa shape index (κ3) is 1.37. The SMILES string of the molecule is C#CC1OS(=O)OC1CC. The molecule has 0 radical (unpaired) electrons. The first kappa shape index (κ1) is 7.73. The van der Waals surface area contributed by atoms with Crippen molar-refractivity contribution in [2.75, 3.05) is 0 Å². The largest absolute Gasteiger partial charge is 0.306 e. The van der Waals surface area contributed by atoms with Gasteiger partial charge in [0.15, 0.2) is 6.10 Å². The van der Waals surface area contributed by atoms with Crippen LogP contribution in [0, 0.1) is 12.3 Å². The van der Waals surface area contributed by atoms with E-state index in [4.69, 9.17) is 14.8 Å². The van der Waals surface area contributed by atoms with Crippen LogP contribution in [0.25, 0.3) is 0 Å². The Kier molecular flexibility index (Phi) is 2.44. The van der Waals surface area contributed by atoms with Crippen LogP contribution in [0.2, 0.25) is 0 Å². The molecule has 56 valence electrons. The Morgan fingerprint density at radius 2 is 2.40 bits per heavy atom. The van der Waals surface area contributed by atoms with E-state index in [1.165, 1.54) is 0 Å². The van der Waals surface area contributed by atoms with E-state index < -0.39 is 17.5 Å². The zero-order chi connectivity index (χ0) is 7.56. The molecule has 0 aromatic rings. The summed E-state index contributed by atoms with van der Waals surface area (Å²) in [6.45, 7) is 1.90. The van der Waals surface area contributed by atoms with Crippen molar-refractivity contribution in [3.05, 3.63) is 0 Å². The number of terminal acetylenes is 1. The smallest absolute Gasteiger partial charge is 0.261 e. The molecule has 0 N–H and O–H groups in total. The molecule has 1 aliphatic heterocycles. The summed E-state index contributed by atoms with van der Waals surface area (Å²) >= 11 is -1.63. The summed E-state index contributed by atoms with van der Waals surface area (Å²) < 4.78 is 20.1. The Morgan fingerprint density at radius 3 is 2.80 bits per heavy atom. The molecule has 1 fully saturated rings. The van der Waals surface area contributed by atoms with E-state index in [0.717, 1.165) is 6.42 Å². The van der Waals surface area contributed by atoms with Gasteiger partial charge in [-0.3, -0.25) is 4.18 Å². The zero-order valence-corrected chi connectivity index (χ0v) is 6.39. The minimum absolute atomic E-state index is 0.203. The maximum absolute atomic E-state index is 10.6. The van der Waals surface area contributed by atoms with Crippen LogP contribution >= 0.6 is 0 Å². The lowest BCUT2D eigenvalue weighted by atomic mass is 10.2. The molecule has 1 heterocycles. The highest BCUT2D eigenvalue weighted by atomic mass is 32.2. The summed E-state index contributed by atoms with van der Waals surface area (Å²) in [7, 11) is 0. The van der Waals surface area contributed by atoms with Gasteiger partial charge in [0.1, 0.15) is 6.10 Å². The second kappa shape index (κ2) is 3.15. The zero-order valence-electron chi connectivity index (χ0n) is 5.57. The van der Waals surface area contributed by atoms with E-state index in [0.29, 0.717) is 0 Å². The molecule has 0 aliphatic carbocycles. The summed E-state index contributed by atoms with van der Waals surface area (Å²) in [6, 6.07) is 0.